The Morgan fingerprint density at radius 1 is 1.18 bits per heavy atom. The summed E-state index contributed by atoms with van der Waals surface area (Å²) in [4.78, 5) is 16.3. The molecule has 1 aliphatic heterocycles. The lowest BCUT2D eigenvalue weighted by molar-refractivity contribution is -0.134. The molecule has 3 nitrogen and oxygen atoms in total. The van der Waals surface area contributed by atoms with E-state index in [1.807, 2.05) is 23.1 Å². The molecule has 22 heavy (non-hydrogen) atoms. The molecule has 0 radical (unpaired) electrons. The molecule has 1 amide bonds. The van der Waals surface area contributed by atoms with Gasteiger partial charge in [-0.15, -0.1) is 24.2 Å². The largest absolute Gasteiger partial charge is 0.340 e. The van der Waals surface area contributed by atoms with Crippen LogP contribution in [-0.2, 0) is 4.79 Å². The number of thioether (sulfide) groups is 1. The molecule has 122 valence electrons. The van der Waals surface area contributed by atoms with Crippen molar-refractivity contribution in [2.45, 2.75) is 54.2 Å². The van der Waals surface area contributed by atoms with Gasteiger partial charge in [0.25, 0.3) is 0 Å². The molecule has 2 fully saturated rings. The van der Waals surface area contributed by atoms with Crippen LogP contribution in [0.1, 0.15) is 38.5 Å². The molecule has 0 spiro atoms. The third kappa shape index (κ3) is 3.79. The Morgan fingerprint density at radius 3 is 2.50 bits per heavy atom. The number of amides is 1. The van der Waals surface area contributed by atoms with Gasteiger partial charge in [-0.3, -0.25) is 4.79 Å². The predicted octanol–water partition coefficient (Wildman–Crippen LogP) is 3.46. The molecule has 2 N–H and O–H groups in total. The topological polar surface area (TPSA) is 46.3 Å². The van der Waals surface area contributed by atoms with Gasteiger partial charge < -0.3 is 10.6 Å². The van der Waals surface area contributed by atoms with Crippen molar-refractivity contribution in [1.82, 2.24) is 4.90 Å². The number of piperidine rings is 1. The maximum atomic E-state index is 13.1. The summed E-state index contributed by atoms with van der Waals surface area (Å²) in [5, 5.41) is 0. The van der Waals surface area contributed by atoms with Gasteiger partial charge in [0.15, 0.2) is 0 Å². The molecule has 1 aliphatic carbocycles. The highest BCUT2D eigenvalue weighted by Crippen LogP contribution is 2.46. The summed E-state index contributed by atoms with van der Waals surface area (Å²) >= 11 is 1.77. The molecule has 2 aliphatic rings. The van der Waals surface area contributed by atoms with Crippen LogP contribution in [0.5, 0.6) is 0 Å². The van der Waals surface area contributed by atoms with Crippen LogP contribution in [0, 0.1) is 0 Å². The normalized spacial score (nSPS) is 23.9. The second kappa shape index (κ2) is 7.71. The number of nitrogens with zero attached hydrogens (tertiary/aromatic N) is 1. The van der Waals surface area contributed by atoms with E-state index < -0.39 is 0 Å². The van der Waals surface area contributed by atoms with E-state index in [1.165, 1.54) is 4.90 Å². The first-order valence-electron chi connectivity index (χ1n) is 7.99. The summed E-state index contributed by atoms with van der Waals surface area (Å²) in [7, 11) is 0. The molecule has 1 saturated heterocycles. The molecule has 1 unspecified atom stereocenters. The van der Waals surface area contributed by atoms with Crippen molar-refractivity contribution in [1.29, 1.82) is 0 Å². The molecule has 5 heteroatoms. The van der Waals surface area contributed by atoms with Crippen molar-refractivity contribution in [3.8, 4) is 0 Å². The van der Waals surface area contributed by atoms with E-state index >= 15 is 0 Å². The van der Waals surface area contributed by atoms with Crippen LogP contribution in [0.25, 0.3) is 0 Å². The van der Waals surface area contributed by atoms with Crippen molar-refractivity contribution in [3.63, 3.8) is 0 Å². The van der Waals surface area contributed by atoms with Crippen LogP contribution >= 0.6 is 24.2 Å². The van der Waals surface area contributed by atoms with Gasteiger partial charge in [-0.05, 0) is 37.8 Å². The third-order valence-electron chi connectivity index (χ3n) is 4.60. The molecule has 1 atom stereocenters. The summed E-state index contributed by atoms with van der Waals surface area (Å²) < 4.78 is -0.252. The number of halogens is 1. The fourth-order valence-corrected chi connectivity index (χ4v) is 4.96. The number of likely N-dealkylation sites (tertiary alicyclic amines) is 1. The molecule has 0 bridgehead atoms. The molecule has 1 heterocycles. The number of benzene rings is 1. The van der Waals surface area contributed by atoms with Crippen LogP contribution in [0.3, 0.4) is 0 Å². The third-order valence-corrected chi connectivity index (χ3v) is 6.08. The lowest BCUT2D eigenvalue weighted by Crippen LogP contribution is -2.52. The summed E-state index contributed by atoms with van der Waals surface area (Å²) in [6.07, 6.45) is 6.40. The van der Waals surface area contributed by atoms with E-state index in [4.69, 9.17) is 5.73 Å². The van der Waals surface area contributed by atoms with Gasteiger partial charge in [0.1, 0.15) is 0 Å². The van der Waals surface area contributed by atoms with Gasteiger partial charge in [-0.25, -0.2) is 0 Å². The molecular weight excluding hydrogens is 316 g/mol. The van der Waals surface area contributed by atoms with Crippen molar-refractivity contribution < 1.29 is 4.79 Å². The van der Waals surface area contributed by atoms with Crippen LogP contribution in [0.2, 0.25) is 0 Å². The van der Waals surface area contributed by atoms with Crippen LogP contribution in [-0.4, -0.2) is 34.7 Å². The number of hydrogen-bond acceptors (Lipinski definition) is 3. The molecule has 0 aromatic heterocycles. The maximum absolute atomic E-state index is 13.1. The summed E-state index contributed by atoms with van der Waals surface area (Å²) in [6, 6.07) is 10.5. The van der Waals surface area contributed by atoms with Gasteiger partial charge in [0.2, 0.25) is 5.91 Å². The lowest BCUT2D eigenvalue weighted by Gasteiger charge is -2.37. The Labute approximate surface area is 143 Å². The first-order chi connectivity index (χ1) is 10.2. The Bertz CT molecular complexity index is 491. The van der Waals surface area contributed by atoms with Crippen molar-refractivity contribution in [2.24, 2.45) is 5.73 Å². The van der Waals surface area contributed by atoms with Crippen LogP contribution in [0.15, 0.2) is 35.2 Å². The highest BCUT2D eigenvalue weighted by molar-refractivity contribution is 8.01. The fraction of sp³-hybridized carbons (Fsp3) is 0.588. The van der Waals surface area contributed by atoms with E-state index in [2.05, 4.69) is 12.1 Å². The molecular formula is C17H25ClN2OS. The van der Waals surface area contributed by atoms with E-state index in [-0.39, 0.29) is 23.2 Å². The molecule has 3 rings (SSSR count). The lowest BCUT2D eigenvalue weighted by atomic mass is 10.0. The number of hydrogen-bond donors (Lipinski definition) is 1. The first kappa shape index (κ1) is 17.6. The Hall–Kier alpha value is -0.710. The molecule has 1 aromatic carbocycles. The first-order valence-corrected chi connectivity index (χ1v) is 8.80. The van der Waals surface area contributed by atoms with Gasteiger partial charge in [0.05, 0.1) is 4.75 Å². The second-order valence-corrected chi connectivity index (χ2v) is 7.73. The van der Waals surface area contributed by atoms with E-state index in [0.29, 0.717) is 5.91 Å². The summed E-state index contributed by atoms with van der Waals surface area (Å²) in [5.41, 5.74) is 6.06. The minimum absolute atomic E-state index is 0. The van der Waals surface area contributed by atoms with Crippen molar-refractivity contribution >= 4 is 30.1 Å². The zero-order chi connectivity index (χ0) is 14.7. The zero-order valence-electron chi connectivity index (χ0n) is 12.9. The fourth-order valence-electron chi connectivity index (χ4n) is 3.50. The van der Waals surface area contributed by atoms with Crippen molar-refractivity contribution in [2.75, 3.05) is 13.1 Å². The van der Waals surface area contributed by atoms with Crippen LogP contribution < -0.4 is 5.73 Å². The SMILES string of the molecule is Cl.NC1CCCN(C(=O)C2(Sc3ccccc3)CCCC2)C1. The van der Waals surface area contributed by atoms with Crippen LogP contribution in [0.4, 0.5) is 0 Å². The quantitative estimate of drug-likeness (QED) is 0.916. The Balaban J connectivity index is 0.00000176. The summed E-state index contributed by atoms with van der Waals surface area (Å²) in [6.45, 7) is 1.61. The highest BCUT2D eigenvalue weighted by atomic mass is 35.5. The highest BCUT2D eigenvalue weighted by Gasteiger charge is 2.45. The Morgan fingerprint density at radius 2 is 1.86 bits per heavy atom. The van der Waals surface area contributed by atoms with E-state index in [9.17, 15) is 4.79 Å². The Kier molecular flexibility index (Phi) is 6.18. The number of carbonyl (C=O) groups is 1. The van der Waals surface area contributed by atoms with Crippen molar-refractivity contribution in [3.05, 3.63) is 30.3 Å². The second-order valence-electron chi connectivity index (χ2n) is 6.27. The maximum Gasteiger partial charge on any atom is 0.239 e. The summed E-state index contributed by atoms with van der Waals surface area (Å²) in [5.74, 6) is 0.323. The number of rotatable bonds is 3. The van der Waals surface area contributed by atoms with E-state index in [1.54, 1.807) is 11.8 Å². The molecule has 1 saturated carbocycles. The van der Waals surface area contributed by atoms with E-state index in [0.717, 1.165) is 51.6 Å². The number of nitrogens with two attached hydrogens (primary N) is 1. The molecule has 1 aromatic rings. The zero-order valence-corrected chi connectivity index (χ0v) is 14.5. The number of carbonyl (C=O) groups excluding carboxylic acids is 1. The van der Waals surface area contributed by atoms with Gasteiger partial charge in [-0.2, -0.15) is 0 Å². The smallest absolute Gasteiger partial charge is 0.239 e. The monoisotopic (exact) mass is 340 g/mol. The average Bonchev–Trinajstić information content (AvgIpc) is 2.97. The minimum atomic E-state index is -0.252. The van der Waals surface area contributed by atoms with Gasteiger partial charge >= 0.3 is 0 Å². The average molecular weight is 341 g/mol. The minimum Gasteiger partial charge on any atom is -0.340 e. The van der Waals surface area contributed by atoms with Gasteiger partial charge in [-0.1, -0.05) is 31.0 Å². The predicted molar refractivity (Wildman–Crippen MR) is 94.5 cm³/mol. The van der Waals surface area contributed by atoms with Gasteiger partial charge in [0, 0.05) is 24.0 Å². The standard InChI is InChI=1S/C17H24N2OS.ClH/c18-14-7-6-12-19(13-14)16(20)17(10-4-5-11-17)21-15-8-2-1-3-9-15;/h1-3,8-9,14H,4-7,10-13,18H2;1H.